The molecule has 0 heterocycles. The first-order valence-corrected chi connectivity index (χ1v) is 4.72. The standard InChI is InChI=1S/C9H8Cl2O3/c1-4(12)2-5-7(13)3-6(10)9(14)8(5)11/h3-4,12H,2H2,1H3. The van der Waals surface area contributed by atoms with Crippen LogP contribution in [0.5, 0.6) is 0 Å². The molecule has 0 bridgehead atoms. The number of carbonyl (C=O) groups is 2. The number of hydrogen-bond acceptors (Lipinski definition) is 3. The van der Waals surface area contributed by atoms with Gasteiger partial charge < -0.3 is 5.11 Å². The van der Waals surface area contributed by atoms with Gasteiger partial charge in [0.2, 0.25) is 5.78 Å². The average Bonchev–Trinajstić information content (AvgIpc) is 2.09. The van der Waals surface area contributed by atoms with Crippen molar-refractivity contribution in [3.05, 3.63) is 21.7 Å². The van der Waals surface area contributed by atoms with E-state index >= 15 is 0 Å². The molecule has 14 heavy (non-hydrogen) atoms. The maximum absolute atomic E-state index is 11.3. The minimum Gasteiger partial charge on any atom is -0.393 e. The predicted octanol–water partition coefficient (Wildman–Crippen LogP) is 1.52. The van der Waals surface area contributed by atoms with Crippen LogP contribution in [0.1, 0.15) is 13.3 Å². The number of aliphatic hydroxyl groups excluding tert-OH is 1. The van der Waals surface area contributed by atoms with Crippen molar-refractivity contribution in [2.75, 3.05) is 0 Å². The summed E-state index contributed by atoms with van der Waals surface area (Å²) in [7, 11) is 0. The summed E-state index contributed by atoms with van der Waals surface area (Å²) in [6.07, 6.45) is 0.359. The van der Waals surface area contributed by atoms with Crippen molar-refractivity contribution in [3.8, 4) is 0 Å². The van der Waals surface area contributed by atoms with E-state index in [1.807, 2.05) is 0 Å². The Morgan fingerprint density at radius 2 is 2.00 bits per heavy atom. The third-order valence-corrected chi connectivity index (χ3v) is 2.42. The lowest BCUT2D eigenvalue weighted by Gasteiger charge is -2.12. The number of carbonyl (C=O) groups excluding carboxylic acids is 2. The van der Waals surface area contributed by atoms with Crippen LogP contribution in [0.25, 0.3) is 0 Å². The van der Waals surface area contributed by atoms with E-state index in [4.69, 9.17) is 28.3 Å². The molecule has 3 nitrogen and oxygen atoms in total. The van der Waals surface area contributed by atoms with E-state index < -0.39 is 17.7 Å². The van der Waals surface area contributed by atoms with Gasteiger partial charge in [0.05, 0.1) is 16.2 Å². The maximum Gasteiger partial charge on any atom is 0.216 e. The molecular formula is C9H8Cl2O3. The predicted molar refractivity (Wildman–Crippen MR) is 53.1 cm³/mol. The summed E-state index contributed by atoms with van der Waals surface area (Å²) in [5, 5.41) is 8.71. The van der Waals surface area contributed by atoms with E-state index in [1.165, 1.54) is 6.92 Å². The van der Waals surface area contributed by atoms with Crippen molar-refractivity contribution in [2.24, 2.45) is 0 Å². The second-order valence-corrected chi connectivity index (χ2v) is 3.82. The summed E-state index contributed by atoms with van der Waals surface area (Å²) >= 11 is 11.1. The van der Waals surface area contributed by atoms with Gasteiger partial charge in [-0.1, -0.05) is 23.2 Å². The van der Waals surface area contributed by atoms with Crippen molar-refractivity contribution in [1.82, 2.24) is 0 Å². The quantitative estimate of drug-likeness (QED) is 0.738. The summed E-state index contributed by atoms with van der Waals surface area (Å²) in [5.41, 5.74) is 0.121. The van der Waals surface area contributed by atoms with Gasteiger partial charge in [0.15, 0.2) is 5.78 Å². The molecule has 1 aliphatic carbocycles. The fourth-order valence-corrected chi connectivity index (χ4v) is 1.62. The van der Waals surface area contributed by atoms with E-state index in [0.717, 1.165) is 6.08 Å². The molecule has 1 aliphatic rings. The van der Waals surface area contributed by atoms with Gasteiger partial charge >= 0.3 is 0 Å². The molecule has 5 heteroatoms. The first-order chi connectivity index (χ1) is 6.43. The average molecular weight is 235 g/mol. The van der Waals surface area contributed by atoms with Gasteiger partial charge in [0.1, 0.15) is 0 Å². The van der Waals surface area contributed by atoms with Crippen LogP contribution < -0.4 is 0 Å². The molecule has 1 atom stereocenters. The van der Waals surface area contributed by atoms with Gasteiger partial charge in [-0.05, 0) is 6.92 Å². The second kappa shape index (κ2) is 4.26. The molecule has 1 unspecified atom stereocenters. The monoisotopic (exact) mass is 234 g/mol. The Hall–Kier alpha value is -0.640. The molecule has 0 amide bonds. The number of allylic oxidation sites excluding steroid dienone is 3. The fraction of sp³-hybridized carbons (Fsp3) is 0.333. The van der Waals surface area contributed by atoms with Crippen LogP contribution in [-0.2, 0) is 9.59 Å². The van der Waals surface area contributed by atoms with Gasteiger partial charge in [-0.2, -0.15) is 0 Å². The molecular weight excluding hydrogens is 227 g/mol. The number of ketones is 2. The normalized spacial score (nSPS) is 19.9. The van der Waals surface area contributed by atoms with Gasteiger partial charge in [-0.15, -0.1) is 0 Å². The highest BCUT2D eigenvalue weighted by Crippen LogP contribution is 2.26. The Balaban J connectivity index is 3.04. The van der Waals surface area contributed by atoms with E-state index in [1.54, 1.807) is 0 Å². The molecule has 0 spiro atoms. The van der Waals surface area contributed by atoms with Crippen LogP contribution in [0.15, 0.2) is 21.7 Å². The summed E-state index contributed by atoms with van der Waals surface area (Å²) in [6, 6.07) is 0. The minimum absolute atomic E-state index is 0.0596. The fourth-order valence-electron chi connectivity index (χ4n) is 1.10. The highest BCUT2D eigenvalue weighted by Gasteiger charge is 2.26. The third kappa shape index (κ3) is 2.23. The van der Waals surface area contributed by atoms with Gasteiger partial charge in [-0.3, -0.25) is 9.59 Å². The molecule has 0 aromatic heterocycles. The number of rotatable bonds is 2. The smallest absolute Gasteiger partial charge is 0.216 e. The van der Waals surface area contributed by atoms with Crippen LogP contribution in [0.4, 0.5) is 0 Å². The topological polar surface area (TPSA) is 54.4 Å². The highest BCUT2D eigenvalue weighted by molar-refractivity contribution is 6.58. The van der Waals surface area contributed by atoms with E-state index in [9.17, 15) is 9.59 Å². The number of halogens is 2. The highest BCUT2D eigenvalue weighted by atomic mass is 35.5. The summed E-state index contributed by atoms with van der Waals surface area (Å²) in [5.74, 6) is -0.982. The Morgan fingerprint density at radius 3 is 2.50 bits per heavy atom. The van der Waals surface area contributed by atoms with Crippen molar-refractivity contribution >= 4 is 34.8 Å². The SMILES string of the molecule is CC(O)CC1=C(Cl)C(=O)C(Cl)=CC1=O. The summed E-state index contributed by atoms with van der Waals surface area (Å²) in [6.45, 7) is 1.51. The largest absolute Gasteiger partial charge is 0.393 e. The molecule has 76 valence electrons. The Labute approximate surface area is 91.0 Å². The lowest BCUT2D eigenvalue weighted by molar-refractivity contribution is -0.115. The van der Waals surface area contributed by atoms with Gasteiger partial charge in [-0.25, -0.2) is 0 Å². The molecule has 0 aromatic rings. The van der Waals surface area contributed by atoms with E-state index in [0.29, 0.717) is 0 Å². The summed E-state index contributed by atoms with van der Waals surface area (Å²) in [4.78, 5) is 22.6. The first-order valence-electron chi connectivity index (χ1n) is 3.96. The van der Waals surface area contributed by atoms with Crippen molar-refractivity contribution in [2.45, 2.75) is 19.4 Å². The number of Topliss-reactive ketones (excluding diaryl/α,β-unsaturated/α-hetero) is 1. The Kier molecular flexibility index (Phi) is 3.48. The summed E-state index contributed by atoms with van der Waals surface area (Å²) < 4.78 is 0. The van der Waals surface area contributed by atoms with Gasteiger partial charge in [0, 0.05) is 18.1 Å². The molecule has 0 radical (unpaired) electrons. The van der Waals surface area contributed by atoms with Crippen molar-refractivity contribution in [3.63, 3.8) is 0 Å². The molecule has 0 saturated heterocycles. The number of aliphatic hydroxyl groups is 1. The molecule has 0 fully saturated rings. The van der Waals surface area contributed by atoms with Crippen LogP contribution in [0.3, 0.4) is 0 Å². The van der Waals surface area contributed by atoms with E-state index in [2.05, 4.69) is 0 Å². The molecule has 0 aromatic carbocycles. The lowest BCUT2D eigenvalue weighted by atomic mass is 9.98. The zero-order valence-electron chi connectivity index (χ0n) is 7.38. The van der Waals surface area contributed by atoms with Crippen LogP contribution >= 0.6 is 23.2 Å². The zero-order valence-corrected chi connectivity index (χ0v) is 8.89. The molecule has 0 saturated carbocycles. The Morgan fingerprint density at radius 1 is 1.43 bits per heavy atom. The van der Waals surface area contributed by atoms with Crippen LogP contribution in [0, 0.1) is 0 Å². The molecule has 1 rings (SSSR count). The molecule has 1 N–H and O–H groups in total. The third-order valence-electron chi connectivity index (χ3n) is 1.74. The lowest BCUT2D eigenvalue weighted by Crippen LogP contribution is -2.17. The minimum atomic E-state index is -0.722. The molecule has 0 aliphatic heterocycles. The van der Waals surface area contributed by atoms with Gasteiger partial charge in [0.25, 0.3) is 0 Å². The van der Waals surface area contributed by atoms with Crippen molar-refractivity contribution in [1.29, 1.82) is 0 Å². The first kappa shape index (κ1) is 11.4. The Bertz CT molecular complexity index is 353. The van der Waals surface area contributed by atoms with Crippen molar-refractivity contribution < 1.29 is 14.7 Å². The zero-order chi connectivity index (χ0) is 10.9. The van der Waals surface area contributed by atoms with E-state index in [-0.39, 0.29) is 22.1 Å². The van der Waals surface area contributed by atoms with Crippen LogP contribution in [-0.4, -0.2) is 22.8 Å². The maximum atomic E-state index is 11.3. The number of hydrogen-bond donors (Lipinski definition) is 1. The second-order valence-electron chi connectivity index (χ2n) is 3.03. The van der Waals surface area contributed by atoms with Crippen LogP contribution in [0.2, 0.25) is 0 Å².